The van der Waals surface area contributed by atoms with E-state index in [4.69, 9.17) is 0 Å². The molecule has 0 saturated carbocycles. The van der Waals surface area contributed by atoms with Crippen molar-refractivity contribution in [2.24, 2.45) is 0 Å². The Morgan fingerprint density at radius 2 is 2.06 bits per heavy atom. The van der Waals surface area contributed by atoms with Crippen LogP contribution in [0.1, 0.15) is 17.3 Å². The second-order valence-electron chi connectivity index (χ2n) is 3.24. The zero-order valence-corrected chi connectivity index (χ0v) is 11.0. The van der Waals surface area contributed by atoms with E-state index in [9.17, 15) is 27.9 Å². The van der Waals surface area contributed by atoms with Gasteiger partial charge >= 0.3 is 12.1 Å². The monoisotopic (exact) mass is 344 g/mol. The lowest BCUT2D eigenvalue weighted by Gasteiger charge is -2.18. The van der Waals surface area contributed by atoms with Crippen LogP contribution in [-0.4, -0.2) is 18.1 Å². The Balaban J connectivity index is 2.86. The number of halogens is 4. The zero-order chi connectivity index (χ0) is 13.9. The van der Waals surface area contributed by atoms with Crippen molar-refractivity contribution in [3.05, 3.63) is 20.8 Å². The molecule has 0 fully saturated rings. The van der Waals surface area contributed by atoms with E-state index < -0.39 is 30.5 Å². The average molecular weight is 345 g/mol. The largest absolute Gasteiger partial charge is 0.550 e. The van der Waals surface area contributed by atoms with Crippen LogP contribution in [0.4, 0.5) is 13.2 Å². The summed E-state index contributed by atoms with van der Waals surface area (Å²) in [6.07, 6.45) is -5.78. The SMILES string of the molecule is O=C([O-])C[C@@H](NC(=O)C(F)(F)F)c1ccc(Br)s1. The molecule has 1 rings (SSSR count). The number of hydrogen-bond donors (Lipinski definition) is 1. The lowest BCUT2D eigenvalue weighted by Crippen LogP contribution is -2.41. The Bertz CT molecular complexity index is 460. The minimum Gasteiger partial charge on any atom is -0.550 e. The highest BCUT2D eigenvalue weighted by molar-refractivity contribution is 9.11. The van der Waals surface area contributed by atoms with Gasteiger partial charge in [-0.05, 0) is 28.1 Å². The maximum Gasteiger partial charge on any atom is 0.471 e. The molecular formula is C9H6BrF3NO3S-. The summed E-state index contributed by atoms with van der Waals surface area (Å²) in [6.45, 7) is 0. The summed E-state index contributed by atoms with van der Waals surface area (Å²) in [5.41, 5.74) is 0. The number of alkyl halides is 3. The first-order valence-corrected chi connectivity index (χ1v) is 6.14. The summed E-state index contributed by atoms with van der Waals surface area (Å²) < 4.78 is 36.9. The van der Waals surface area contributed by atoms with Gasteiger partial charge in [0.1, 0.15) is 0 Å². The lowest BCUT2D eigenvalue weighted by atomic mass is 10.1. The second kappa shape index (κ2) is 5.70. The Morgan fingerprint density at radius 1 is 1.44 bits per heavy atom. The molecule has 0 spiro atoms. The number of carboxylic acid groups (broad SMARTS) is 1. The molecule has 100 valence electrons. The molecule has 0 radical (unpaired) electrons. The van der Waals surface area contributed by atoms with E-state index in [0.717, 1.165) is 11.3 Å². The van der Waals surface area contributed by atoms with E-state index in [1.165, 1.54) is 6.07 Å². The molecule has 1 heterocycles. The lowest BCUT2D eigenvalue weighted by molar-refractivity contribution is -0.306. The van der Waals surface area contributed by atoms with Crippen LogP contribution in [0.25, 0.3) is 0 Å². The minimum absolute atomic E-state index is 0.295. The number of carboxylic acids is 1. The van der Waals surface area contributed by atoms with Crippen LogP contribution in [0, 0.1) is 0 Å². The fourth-order valence-corrected chi connectivity index (χ4v) is 2.62. The van der Waals surface area contributed by atoms with Crippen LogP contribution < -0.4 is 10.4 Å². The Morgan fingerprint density at radius 3 is 2.44 bits per heavy atom. The van der Waals surface area contributed by atoms with Gasteiger partial charge in [-0.1, -0.05) is 0 Å². The number of hydrogen-bond acceptors (Lipinski definition) is 4. The molecule has 0 unspecified atom stereocenters. The fourth-order valence-electron chi connectivity index (χ4n) is 1.15. The molecule has 1 aromatic heterocycles. The molecule has 0 bridgehead atoms. The number of nitrogens with one attached hydrogen (secondary N) is 1. The van der Waals surface area contributed by atoms with Gasteiger partial charge in [0, 0.05) is 17.3 Å². The first kappa shape index (κ1) is 15.0. The van der Waals surface area contributed by atoms with E-state index in [2.05, 4.69) is 15.9 Å². The van der Waals surface area contributed by atoms with Gasteiger partial charge in [0.2, 0.25) is 0 Å². The fraction of sp³-hybridized carbons (Fsp3) is 0.333. The van der Waals surface area contributed by atoms with E-state index in [1.54, 1.807) is 11.4 Å². The molecule has 1 amide bonds. The average Bonchev–Trinajstić information content (AvgIpc) is 2.61. The molecule has 1 N–H and O–H groups in total. The predicted octanol–water partition coefficient (Wildman–Crippen LogP) is 1.37. The number of aliphatic carboxylic acids is 1. The standard InChI is InChI=1S/C9H7BrF3NO3S/c10-6-2-1-5(18-6)4(3-7(15)16)14-8(17)9(11,12)13/h1-2,4H,3H2,(H,14,17)(H,15,16)/p-1/t4-/m1/s1. The summed E-state index contributed by atoms with van der Waals surface area (Å²) in [5.74, 6) is -3.73. The second-order valence-corrected chi connectivity index (χ2v) is 5.74. The zero-order valence-electron chi connectivity index (χ0n) is 8.58. The summed E-state index contributed by atoms with van der Waals surface area (Å²) in [7, 11) is 0. The van der Waals surface area contributed by atoms with Gasteiger partial charge in [0.15, 0.2) is 0 Å². The van der Waals surface area contributed by atoms with Crippen molar-refractivity contribution < 1.29 is 27.9 Å². The van der Waals surface area contributed by atoms with Crippen LogP contribution in [0.3, 0.4) is 0 Å². The Labute approximate surface area is 112 Å². The number of rotatable bonds is 4. The van der Waals surface area contributed by atoms with Crippen LogP contribution >= 0.6 is 27.3 Å². The van der Waals surface area contributed by atoms with Crippen molar-refractivity contribution in [1.29, 1.82) is 0 Å². The van der Waals surface area contributed by atoms with Crippen LogP contribution in [-0.2, 0) is 9.59 Å². The summed E-state index contributed by atoms with van der Waals surface area (Å²) in [4.78, 5) is 21.5. The highest BCUT2D eigenvalue weighted by atomic mass is 79.9. The van der Waals surface area contributed by atoms with Crippen molar-refractivity contribution in [1.82, 2.24) is 5.32 Å². The number of carbonyl (C=O) groups excluding carboxylic acids is 2. The van der Waals surface area contributed by atoms with Crippen molar-refractivity contribution in [2.75, 3.05) is 0 Å². The smallest absolute Gasteiger partial charge is 0.471 e. The predicted molar refractivity (Wildman–Crippen MR) is 58.6 cm³/mol. The van der Waals surface area contributed by atoms with Gasteiger partial charge in [-0.3, -0.25) is 4.79 Å². The van der Waals surface area contributed by atoms with E-state index in [0.29, 0.717) is 8.66 Å². The maximum atomic E-state index is 12.1. The number of thiophene rings is 1. The van der Waals surface area contributed by atoms with E-state index in [-0.39, 0.29) is 0 Å². The first-order valence-electron chi connectivity index (χ1n) is 4.53. The molecule has 1 aromatic rings. The molecule has 0 aliphatic rings. The maximum absolute atomic E-state index is 12.1. The third-order valence-electron chi connectivity index (χ3n) is 1.87. The van der Waals surface area contributed by atoms with Gasteiger partial charge < -0.3 is 15.2 Å². The third kappa shape index (κ3) is 4.30. The molecule has 18 heavy (non-hydrogen) atoms. The molecule has 0 aliphatic heterocycles. The van der Waals surface area contributed by atoms with Crippen molar-refractivity contribution in [3.8, 4) is 0 Å². The van der Waals surface area contributed by atoms with Crippen LogP contribution in [0.15, 0.2) is 15.9 Å². The summed E-state index contributed by atoms with van der Waals surface area (Å²) in [6, 6.07) is 1.71. The van der Waals surface area contributed by atoms with Gasteiger partial charge in [0.25, 0.3) is 0 Å². The van der Waals surface area contributed by atoms with Gasteiger partial charge in [-0.15, -0.1) is 11.3 Å². The van der Waals surface area contributed by atoms with Crippen molar-refractivity contribution in [3.63, 3.8) is 0 Å². The molecule has 0 aromatic carbocycles. The molecule has 4 nitrogen and oxygen atoms in total. The first-order chi connectivity index (χ1) is 8.20. The van der Waals surface area contributed by atoms with Gasteiger partial charge in [-0.25, -0.2) is 0 Å². The normalized spacial score (nSPS) is 13.1. The quantitative estimate of drug-likeness (QED) is 0.896. The highest BCUT2D eigenvalue weighted by Gasteiger charge is 2.40. The minimum atomic E-state index is -5.06. The highest BCUT2D eigenvalue weighted by Crippen LogP contribution is 2.29. The molecule has 9 heteroatoms. The van der Waals surface area contributed by atoms with Crippen molar-refractivity contribution in [2.45, 2.75) is 18.6 Å². The number of carbonyl (C=O) groups is 2. The third-order valence-corrected chi connectivity index (χ3v) is 3.61. The van der Waals surface area contributed by atoms with Gasteiger partial charge in [0.05, 0.1) is 9.83 Å². The summed E-state index contributed by atoms with van der Waals surface area (Å²) >= 11 is 4.13. The molecular weight excluding hydrogens is 339 g/mol. The molecule has 0 aliphatic carbocycles. The molecule has 0 saturated heterocycles. The van der Waals surface area contributed by atoms with Crippen LogP contribution in [0.2, 0.25) is 0 Å². The van der Waals surface area contributed by atoms with E-state index in [1.807, 2.05) is 0 Å². The Kier molecular flexibility index (Phi) is 4.74. The molecule has 1 atom stereocenters. The summed E-state index contributed by atoms with van der Waals surface area (Å²) in [5, 5.41) is 12.1. The van der Waals surface area contributed by atoms with Crippen LogP contribution in [0.5, 0.6) is 0 Å². The van der Waals surface area contributed by atoms with Gasteiger partial charge in [-0.2, -0.15) is 13.2 Å². The number of amides is 1. The van der Waals surface area contributed by atoms with Crippen molar-refractivity contribution >= 4 is 39.1 Å². The van der Waals surface area contributed by atoms with E-state index >= 15 is 0 Å². The Hall–Kier alpha value is -1.09. The topological polar surface area (TPSA) is 69.2 Å².